The Kier molecular flexibility index (Phi) is 2.17. The zero-order chi connectivity index (χ0) is 10.1. The van der Waals surface area contributed by atoms with Gasteiger partial charge in [0.05, 0.1) is 11.9 Å². The number of carbonyl (C=O) groups is 2. The predicted molar refractivity (Wildman–Crippen MR) is 50.8 cm³/mol. The fourth-order valence-electron chi connectivity index (χ4n) is 1.62. The third-order valence-electron chi connectivity index (χ3n) is 2.39. The van der Waals surface area contributed by atoms with Crippen molar-refractivity contribution in [2.24, 2.45) is 10.7 Å². The highest BCUT2D eigenvalue weighted by Gasteiger charge is 2.24. The molecule has 0 radical (unpaired) electrons. The third-order valence-corrected chi connectivity index (χ3v) is 2.39. The highest BCUT2D eigenvalue weighted by Crippen LogP contribution is 2.14. The number of dihydropyridines is 1. The maximum Gasteiger partial charge on any atom is 0.317 e. The van der Waals surface area contributed by atoms with Crippen LogP contribution in [0.25, 0.3) is 0 Å². The number of hydrogen-bond acceptors (Lipinski definition) is 4. The summed E-state index contributed by atoms with van der Waals surface area (Å²) in [6, 6.07) is 0.150. The first kappa shape index (κ1) is 9.08. The van der Waals surface area contributed by atoms with Crippen LogP contribution in [0.1, 0.15) is 6.42 Å². The lowest BCUT2D eigenvalue weighted by atomic mass is 10.2. The van der Waals surface area contributed by atoms with E-state index in [0.717, 1.165) is 19.5 Å². The highest BCUT2D eigenvalue weighted by atomic mass is 16.2. The van der Waals surface area contributed by atoms with E-state index >= 15 is 0 Å². The SMILES string of the molecule is N[C@@H]1CCN(C2=CC(=O)C(=O)N=C2)C1. The standard InChI is InChI=1S/C9H11N3O2/c10-6-1-2-12(5-6)7-3-8(13)9(14)11-4-7/h3-4,6H,1-2,5,10H2/t6-/m1/s1. The first-order valence-corrected chi connectivity index (χ1v) is 4.51. The van der Waals surface area contributed by atoms with Gasteiger partial charge in [0, 0.05) is 25.2 Å². The fraction of sp³-hybridized carbons (Fsp3) is 0.444. The van der Waals surface area contributed by atoms with Crippen LogP contribution in [0.5, 0.6) is 0 Å². The molecule has 0 spiro atoms. The Labute approximate surface area is 81.3 Å². The summed E-state index contributed by atoms with van der Waals surface area (Å²) in [5, 5.41) is 0. The molecule has 0 unspecified atom stereocenters. The summed E-state index contributed by atoms with van der Waals surface area (Å²) in [4.78, 5) is 27.3. The van der Waals surface area contributed by atoms with Crippen LogP contribution >= 0.6 is 0 Å². The molecule has 0 aromatic carbocycles. The Morgan fingerprint density at radius 1 is 1.50 bits per heavy atom. The molecule has 2 heterocycles. The van der Waals surface area contributed by atoms with Crippen molar-refractivity contribution in [1.29, 1.82) is 0 Å². The number of aliphatic imine (C=N–C) groups is 1. The van der Waals surface area contributed by atoms with Crippen LogP contribution in [0, 0.1) is 0 Å². The molecular weight excluding hydrogens is 182 g/mol. The Bertz CT molecular complexity index is 346. The molecule has 5 heteroatoms. The summed E-state index contributed by atoms with van der Waals surface area (Å²) in [6.07, 6.45) is 3.67. The average Bonchev–Trinajstić information content (AvgIpc) is 2.57. The van der Waals surface area contributed by atoms with Crippen LogP contribution < -0.4 is 5.73 Å². The number of likely N-dealkylation sites (tertiary alicyclic amines) is 1. The molecule has 1 fully saturated rings. The van der Waals surface area contributed by atoms with Crippen molar-refractivity contribution in [1.82, 2.24) is 4.90 Å². The molecule has 5 nitrogen and oxygen atoms in total. The molecule has 0 bridgehead atoms. The summed E-state index contributed by atoms with van der Waals surface area (Å²) in [7, 11) is 0. The lowest BCUT2D eigenvalue weighted by Crippen LogP contribution is -2.29. The van der Waals surface area contributed by atoms with Crippen LogP contribution in [0.15, 0.2) is 16.8 Å². The minimum absolute atomic E-state index is 0.150. The smallest absolute Gasteiger partial charge is 0.317 e. The molecular formula is C9H11N3O2. The fourth-order valence-corrected chi connectivity index (χ4v) is 1.62. The Balaban J connectivity index is 2.13. The van der Waals surface area contributed by atoms with E-state index in [1.807, 2.05) is 4.90 Å². The number of allylic oxidation sites excluding steroid dienone is 1. The molecule has 0 aromatic rings. The van der Waals surface area contributed by atoms with Gasteiger partial charge in [0.15, 0.2) is 0 Å². The van der Waals surface area contributed by atoms with Gasteiger partial charge in [0.25, 0.3) is 0 Å². The van der Waals surface area contributed by atoms with Gasteiger partial charge < -0.3 is 10.6 Å². The zero-order valence-corrected chi connectivity index (χ0v) is 7.64. The number of rotatable bonds is 1. The van der Waals surface area contributed by atoms with Crippen molar-refractivity contribution in [2.45, 2.75) is 12.5 Å². The van der Waals surface area contributed by atoms with Gasteiger partial charge in [-0.15, -0.1) is 0 Å². The minimum atomic E-state index is -0.697. The minimum Gasteiger partial charge on any atom is -0.369 e. The second-order valence-corrected chi connectivity index (χ2v) is 3.49. The number of ketones is 1. The van der Waals surface area contributed by atoms with E-state index in [9.17, 15) is 9.59 Å². The van der Waals surface area contributed by atoms with E-state index in [1.165, 1.54) is 12.3 Å². The van der Waals surface area contributed by atoms with Crippen LogP contribution in [0.4, 0.5) is 0 Å². The van der Waals surface area contributed by atoms with Crippen molar-refractivity contribution >= 4 is 17.9 Å². The first-order valence-electron chi connectivity index (χ1n) is 4.51. The van der Waals surface area contributed by atoms with Gasteiger partial charge in [0.2, 0.25) is 5.78 Å². The topological polar surface area (TPSA) is 75.8 Å². The number of carbonyl (C=O) groups excluding carboxylic acids is 2. The third kappa shape index (κ3) is 1.58. The van der Waals surface area contributed by atoms with Crippen LogP contribution in [-0.2, 0) is 9.59 Å². The molecule has 2 rings (SSSR count). The van der Waals surface area contributed by atoms with Crippen molar-refractivity contribution in [3.05, 3.63) is 11.8 Å². The normalized spacial score (nSPS) is 27.1. The van der Waals surface area contributed by atoms with Gasteiger partial charge in [-0.1, -0.05) is 0 Å². The van der Waals surface area contributed by atoms with Gasteiger partial charge in [0.1, 0.15) is 0 Å². The summed E-state index contributed by atoms with van der Waals surface area (Å²) in [5.74, 6) is -1.25. The lowest BCUT2D eigenvalue weighted by molar-refractivity contribution is -0.133. The summed E-state index contributed by atoms with van der Waals surface area (Å²) < 4.78 is 0. The van der Waals surface area contributed by atoms with E-state index in [1.54, 1.807) is 0 Å². The molecule has 2 aliphatic heterocycles. The lowest BCUT2D eigenvalue weighted by Gasteiger charge is -2.19. The molecule has 2 aliphatic rings. The summed E-state index contributed by atoms with van der Waals surface area (Å²) >= 11 is 0. The molecule has 74 valence electrons. The van der Waals surface area contributed by atoms with E-state index in [0.29, 0.717) is 5.70 Å². The highest BCUT2D eigenvalue weighted by molar-refractivity contribution is 6.44. The van der Waals surface area contributed by atoms with Gasteiger partial charge in [-0.3, -0.25) is 9.59 Å². The van der Waals surface area contributed by atoms with Gasteiger partial charge in [-0.05, 0) is 6.42 Å². The monoisotopic (exact) mass is 193 g/mol. The first-order chi connectivity index (χ1) is 6.66. The van der Waals surface area contributed by atoms with Crippen LogP contribution in [0.3, 0.4) is 0 Å². The summed E-state index contributed by atoms with van der Waals surface area (Å²) in [5.41, 5.74) is 6.43. The molecule has 2 N–H and O–H groups in total. The van der Waals surface area contributed by atoms with Crippen molar-refractivity contribution in [3.8, 4) is 0 Å². The second kappa shape index (κ2) is 3.34. The Morgan fingerprint density at radius 3 is 2.86 bits per heavy atom. The number of hydrogen-bond donors (Lipinski definition) is 1. The van der Waals surface area contributed by atoms with E-state index in [4.69, 9.17) is 5.73 Å². The number of nitrogens with two attached hydrogens (primary N) is 1. The van der Waals surface area contributed by atoms with E-state index < -0.39 is 11.7 Å². The Morgan fingerprint density at radius 2 is 2.29 bits per heavy atom. The zero-order valence-electron chi connectivity index (χ0n) is 7.64. The van der Waals surface area contributed by atoms with Gasteiger partial charge in [-0.2, -0.15) is 0 Å². The Hall–Kier alpha value is -1.49. The van der Waals surface area contributed by atoms with E-state index in [2.05, 4.69) is 4.99 Å². The van der Waals surface area contributed by atoms with Crippen molar-refractivity contribution in [3.63, 3.8) is 0 Å². The molecule has 14 heavy (non-hydrogen) atoms. The molecule has 0 aliphatic carbocycles. The van der Waals surface area contributed by atoms with Gasteiger partial charge in [-0.25, -0.2) is 4.99 Å². The van der Waals surface area contributed by atoms with Crippen LogP contribution in [-0.4, -0.2) is 41.9 Å². The number of nitrogens with zero attached hydrogens (tertiary/aromatic N) is 2. The summed E-state index contributed by atoms with van der Waals surface area (Å²) in [6.45, 7) is 1.54. The maximum absolute atomic E-state index is 11.0. The van der Waals surface area contributed by atoms with E-state index in [-0.39, 0.29) is 6.04 Å². The largest absolute Gasteiger partial charge is 0.369 e. The molecule has 1 amide bonds. The molecule has 0 saturated carbocycles. The molecule has 1 saturated heterocycles. The quantitative estimate of drug-likeness (QED) is 0.547. The molecule has 0 aromatic heterocycles. The second-order valence-electron chi connectivity index (χ2n) is 3.49. The predicted octanol–water partition coefficient (Wildman–Crippen LogP) is -0.917. The molecule has 1 atom stereocenters. The van der Waals surface area contributed by atoms with Crippen LogP contribution in [0.2, 0.25) is 0 Å². The van der Waals surface area contributed by atoms with Crippen molar-refractivity contribution < 1.29 is 9.59 Å². The van der Waals surface area contributed by atoms with Crippen molar-refractivity contribution in [2.75, 3.05) is 13.1 Å². The number of amides is 1. The maximum atomic E-state index is 11.0. The van der Waals surface area contributed by atoms with Gasteiger partial charge >= 0.3 is 5.91 Å². The average molecular weight is 193 g/mol.